The number of piperazine rings is 1. The highest BCUT2D eigenvalue weighted by atomic mass is 19.1. The van der Waals surface area contributed by atoms with Crippen molar-refractivity contribution in [1.29, 1.82) is 0 Å². The molecule has 1 aromatic heterocycles. The largest absolute Gasteiger partial charge is 0.354 e. The van der Waals surface area contributed by atoms with Crippen molar-refractivity contribution in [3.63, 3.8) is 0 Å². The summed E-state index contributed by atoms with van der Waals surface area (Å²) in [4.78, 5) is 14.0. The van der Waals surface area contributed by atoms with E-state index in [1.807, 2.05) is 36.4 Å². The van der Waals surface area contributed by atoms with Gasteiger partial charge in [-0.2, -0.15) is 4.98 Å². The SMILES string of the molecule is CCN1CCN(c2cc(-c3ccccc3)nc(Nc3ccccc3F)n2)CC1. The topological polar surface area (TPSA) is 44.3 Å². The number of hydrogen-bond donors (Lipinski definition) is 1. The maximum atomic E-state index is 14.1. The first-order valence-corrected chi connectivity index (χ1v) is 9.66. The van der Waals surface area contributed by atoms with E-state index in [2.05, 4.69) is 32.0 Å². The molecule has 1 aliphatic rings. The summed E-state index contributed by atoms with van der Waals surface area (Å²) in [6.07, 6.45) is 0. The first-order chi connectivity index (χ1) is 13.7. The number of para-hydroxylation sites is 1. The molecule has 1 fully saturated rings. The van der Waals surface area contributed by atoms with Gasteiger partial charge in [0.25, 0.3) is 0 Å². The van der Waals surface area contributed by atoms with Crippen LogP contribution in [0.4, 0.5) is 21.8 Å². The average molecular weight is 377 g/mol. The summed E-state index contributed by atoms with van der Waals surface area (Å²) in [5.74, 6) is 0.942. The molecule has 2 heterocycles. The minimum atomic E-state index is -0.325. The number of nitrogens with one attached hydrogen (secondary N) is 1. The maximum Gasteiger partial charge on any atom is 0.229 e. The second kappa shape index (κ2) is 8.35. The fraction of sp³-hybridized carbons (Fsp3) is 0.273. The summed E-state index contributed by atoms with van der Waals surface area (Å²) in [6, 6.07) is 18.6. The predicted octanol–water partition coefficient (Wildman–Crippen LogP) is 4.17. The Morgan fingerprint density at radius 3 is 2.36 bits per heavy atom. The Morgan fingerprint density at radius 2 is 1.64 bits per heavy atom. The molecule has 2 aromatic carbocycles. The van der Waals surface area contributed by atoms with E-state index >= 15 is 0 Å². The molecule has 0 amide bonds. The summed E-state index contributed by atoms with van der Waals surface area (Å²) in [5, 5.41) is 3.05. The zero-order valence-corrected chi connectivity index (χ0v) is 16.0. The Morgan fingerprint density at radius 1 is 0.929 bits per heavy atom. The molecule has 1 N–H and O–H groups in total. The molecule has 0 radical (unpaired) electrons. The monoisotopic (exact) mass is 377 g/mol. The van der Waals surface area contributed by atoms with Gasteiger partial charge < -0.3 is 15.1 Å². The summed E-state index contributed by atoms with van der Waals surface area (Å²) in [5.41, 5.74) is 2.20. The number of halogens is 1. The van der Waals surface area contributed by atoms with E-state index in [4.69, 9.17) is 0 Å². The van der Waals surface area contributed by atoms with Crippen LogP contribution in [-0.4, -0.2) is 47.6 Å². The summed E-state index contributed by atoms with van der Waals surface area (Å²) in [7, 11) is 0. The van der Waals surface area contributed by atoms with Gasteiger partial charge in [-0.05, 0) is 18.7 Å². The quantitative estimate of drug-likeness (QED) is 0.723. The lowest BCUT2D eigenvalue weighted by atomic mass is 10.1. The van der Waals surface area contributed by atoms with E-state index in [9.17, 15) is 4.39 Å². The van der Waals surface area contributed by atoms with Crippen molar-refractivity contribution in [3.05, 3.63) is 66.5 Å². The highest BCUT2D eigenvalue weighted by Crippen LogP contribution is 2.26. The third kappa shape index (κ3) is 4.12. The van der Waals surface area contributed by atoms with Gasteiger partial charge in [0, 0.05) is 37.8 Å². The van der Waals surface area contributed by atoms with Crippen molar-refractivity contribution in [1.82, 2.24) is 14.9 Å². The number of benzene rings is 2. The number of nitrogens with zero attached hydrogens (tertiary/aromatic N) is 4. The standard InChI is InChI=1S/C22H24FN5/c1-2-27-12-14-28(15-13-27)21-16-20(17-8-4-3-5-9-17)25-22(26-21)24-19-11-7-6-10-18(19)23/h3-11,16H,2,12-15H2,1H3,(H,24,25,26). The molecule has 0 spiro atoms. The third-order valence-corrected chi connectivity index (χ3v) is 5.05. The van der Waals surface area contributed by atoms with Gasteiger partial charge in [0.1, 0.15) is 11.6 Å². The molecule has 0 aliphatic carbocycles. The molecule has 5 nitrogen and oxygen atoms in total. The van der Waals surface area contributed by atoms with Crippen molar-refractivity contribution in [2.45, 2.75) is 6.92 Å². The lowest BCUT2D eigenvalue weighted by molar-refractivity contribution is 0.270. The van der Waals surface area contributed by atoms with Gasteiger partial charge in [-0.15, -0.1) is 0 Å². The lowest BCUT2D eigenvalue weighted by Gasteiger charge is -2.35. The van der Waals surface area contributed by atoms with E-state index < -0.39 is 0 Å². The zero-order chi connectivity index (χ0) is 19.3. The van der Waals surface area contributed by atoms with Crippen LogP contribution in [-0.2, 0) is 0 Å². The minimum absolute atomic E-state index is 0.325. The van der Waals surface area contributed by atoms with Crippen LogP contribution in [0.25, 0.3) is 11.3 Å². The van der Waals surface area contributed by atoms with Crippen LogP contribution in [0.1, 0.15) is 6.92 Å². The van der Waals surface area contributed by atoms with Crippen LogP contribution in [0, 0.1) is 5.82 Å². The predicted molar refractivity (Wildman–Crippen MR) is 111 cm³/mol. The number of aromatic nitrogens is 2. The molecule has 144 valence electrons. The molecule has 6 heteroatoms. The summed E-state index contributed by atoms with van der Waals surface area (Å²) in [6.45, 7) is 7.10. The van der Waals surface area contributed by atoms with Crippen LogP contribution in [0.3, 0.4) is 0 Å². The van der Waals surface area contributed by atoms with Crippen LogP contribution < -0.4 is 10.2 Å². The van der Waals surface area contributed by atoms with Gasteiger partial charge in [0.05, 0.1) is 11.4 Å². The molecule has 1 aliphatic heterocycles. The second-order valence-corrected chi connectivity index (χ2v) is 6.83. The Kier molecular flexibility index (Phi) is 5.48. The Labute approximate surface area is 164 Å². The number of likely N-dealkylation sites (N-methyl/N-ethyl adjacent to an activating group) is 1. The molecule has 3 aromatic rings. The number of rotatable bonds is 5. The number of hydrogen-bond acceptors (Lipinski definition) is 5. The first-order valence-electron chi connectivity index (χ1n) is 9.66. The Balaban J connectivity index is 1.68. The van der Waals surface area contributed by atoms with Gasteiger partial charge in [-0.1, -0.05) is 49.4 Å². The normalized spacial score (nSPS) is 14.9. The Hall–Kier alpha value is -2.99. The van der Waals surface area contributed by atoms with E-state index in [-0.39, 0.29) is 5.82 Å². The van der Waals surface area contributed by atoms with Gasteiger partial charge in [0.15, 0.2) is 0 Å². The molecule has 0 unspecified atom stereocenters. The summed E-state index contributed by atoms with van der Waals surface area (Å²) < 4.78 is 14.1. The van der Waals surface area contributed by atoms with Gasteiger partial charge >= 0.3 is 0 Å². The maximum absolute atomic E-state index is 14.1. The third-order valence-electron chi connectivity index (χ3n) is 5.05. The zero-order valence-electron chi connectivity index (χ0n) is 16.0. The molecular formula is C22H24FN5. The Bertz CT molecular complexity index is 923. The van der Waals surface area contributed by atoms with Crippen molar-refractivity contribution in [3.8, 4) is 11.3 Å². The van der Waals surface area contributed by atoms with Crippen molar-refractivity contribution in [2.24, 2.45) is 0 Å². The average Bonchev–Trinajstić information content (AvgIpc) is 2.76. The van der Waals surface area contributed by atoms with Crippen molar-refractivity contribution in [2.75, 3.05) is 42.9 Å². The number of anilines is 3. The van der Waals surface area contributed by atoms with E-state index in [1.54, 1.807) is 18.2 Å². The van der Waals surface area contributed by atoms with E-state index in [0.717, 1.165) is 49.8 Å². The van der Waals surface area contributed by atoms with E-state index in [1.165, 1.54) is 6.07 Å². The fourth-order valence-electron chi connectivity index (χ4n) is 3.39. The van der Waals surface area contributed by atoms with Crippen LogP contribution in [0.2, 0.25) is 0 Å². The molecule has 28 heavy (non-hydrogen) atoms. The molecule has 1 saturated heterocycles. The molecule has 0 bridgehead atoms. The smallest absolute Gasteiger partial charge is 0.229 e. The van der Waals surface area contributed by atoms with Crippen molar-refractivity contribution < 1.29 is 4.39 Å². The van der Waals surface area contributed by atoms with Crippen molar-refractivity contribution >= 4 is 17.5 Å². The highest BCUT2D eigenvalue weighted by Gasteiger charge is 2.19. The fourth-order valence-corrected chi connectivity index (χ4v) is 3.39. The van der Waals surface area contributed by atoms with Gasteiger partial charge in [-0.25, -0.2) is 9.37 Å². The molecular weight excluding hydrogens is 353 g/mol. The van der Waals surface area contributed by atoms with E-state index in [0.29, 0.717) is 11.6 Å². The highest BCUT2D eigenvalue weighted by molar-refractivity contribution is 5.66. The van der Waals surface area contributed by atoms with Crippen LogP contribution in [0.5, 0.6) is 0 Å². The van der Waals surface area contributed by atoms with Gasteiger partial charge in [0.2, 0.25) is 5.95 Å². The lowest BCUT2D eigenvalue weighted by Crippen LogP contribution is -2.46. The van der Waals surface area contributed by atoms with Crippen LogP contribution >= 0.6 is 0 Å². The second-order valence-electron chi connectivity index (χ2n) is 6.83. The molecule has 0 saturated carbocycles. The minimum Gasteiger partial charge on any atom is -0.354 e. The van der Waals surface area contributed by atoms with Crippen LogP contribution in [0.15, 0.2) is 60.7 Å². The summed E-state index contributed by atoms with van der Waals surface area (Å²) >= 11 is 0. The van der Waals surface area contributed by atoms with Gasteiger partial charge in [-0.3, -0.25) is 0 Å². The molecule has 0 atom stereocenters. The first kappa shape index (κ1) is 18.4. The molecule has 4 rings (SSSR count).